The summed E-state index contributed by atoms with van der Waals surface area (Å²) in [5.41, 5.74) is 1.82. The first-order valence-electron chi connectivity index (χ1n) is 6.70. The third-order valence-corrected chi connectivity index (χ3v) is 3.04. The van der Waals surface area contributed by atoms with Crippen LogP contribution >= 0.6 is 0 Å². The molecule has 3 heteroatoms. The lowest BCUT2D eigenvalue weighted by molar-refractivity contribution is 0.482. The molecule has 18 heavy (non-hydrogen) atoms. The zero-order chi connectivity index (χ0) is 14.1. The van der Waals surface area contributed by atoms with Crippen LogP contribution in [0, 0.1) is 0 Å². The molecule has 0 spiro atoms. The molecule has 3 nitrogen and oxygen atoms in total. The van der Waals surface area contributed by atoms with Crippen molar-refractivity contribution in [2.45, 2.75) is 72.3 Å². The topological polar surface area (TPSA) is 34.9 Å². The quantitative estimate of drug-likeness (QED) is 0.807. The fourth-order valence-corrected chi connectivity index (χ4v) is 2.15. The van der Waals surface area contributed by atoms with Gasteiger partial charge in [-0.15, -0.1) is 0 Å². The Hall–Kier alpha value is -1.12. The Labute approximate surface area is 110 Å². The van der Waals surface area contributed by atoms with Crippen LogP contribution in [0.2, 0.25) is 0 Å². The molecule has 0 saturated heterocycles. The molecule has 0 aromatic carbocycles. The maximum Gasteiger partial charge on any atom is 0.270 e. The Bertz CT molecular complexity index is 473. The van der Waals surface area contributed by atoms with Gasteiger partial charge in [0.05, 0.1) is 6.20 Å². The summed E-state index contributed by atoms with van der Waals surface area (Å²) in [6, 6.07) is 0. The SMILES string of the molecule is CCCn1ncc(C(C)(C)C)c(C(C)(C)C)c1=O. The second-order valence-electron chi connectivity index (χ2n) is 6.96. The minimum Gasteiger partial charge on any atom is -0.267 e. The molecular formula is C15H26N2O. The number of aryl methyl sites for hydroxylation is 1. The molecule has 0 unspecified atom stereocenters. The van der Waals surface area contributed by atoms with Gasteiger partial charge in [0.25, 0.3) is 5.56 Å². The summed E-state index contributed by atoms with van der Waals surface area (Å²) in [7, 11) is 0. The van der Waals surface area contributed by atoms with Gasteiger partial charge < -0.3 is 0 Å². The highest BCUT2D eigenvalue weighted by molar-refractivity contribution is 5.33. The molecule has 0 N–H and O–H groups in total. The molecule has 0 aliphatic heterocycles. The van der Waals surface area contributed by atoms with Crippen LogP contribution < -0.4 is 5.56 Å². The lowest BCUT2D eigenvalue weighted by Gasteiger charge is -2.29. The van der Waals surface area contributed by atoms with Gasteiger partial charge in [-0.3, -0.25) is 4.79 Å². The first-order valence-corrected chi connectivity index (χ1v) is 6.70. The highest BCUT2D eigenvalue weighted by Gasteiger charge is 2.29. The molecule has 0 radical (unpaired) electrons. The van der Waals surface area contributed by atoms with Crippen molar-refractivity contribution < 1.29 is 0 Å². The molecule has 102 valence electrons. The van der Waals surface area contributed by atoms with Crippen molar-refractivity contribution in [3.63, 3.8) is 0 Å². The Balaban J connectivity index is 3.58. The van der Waals surface area contributed by atoms with Gasteiger partial charge in [-0.05, 0) is 22.8 Å². The lowest BCUT2D eigenvalue weighted by atomic mass is 9.77. The van der Waals surface area contributed by atoms with E-state index in [2.05, 4.69) is 53.6 Å². The van der Waals surface area contributed by atoms with Crippen molar-refractivity contribution in [2.24, 2.45) is 0 Å². The van der Waals surface area contributed by atoms with Crippen molar-refractivity contribution in [2.75, 3.05) is 0 Å². The van der Waals surface area contributed by atoms with Crippen LogP contribution in [0.3, 0.4) is 0 Å². The first-order chi connectivity index (χ1) is 8.09. The van der Waals surface area contributed by atoms with Crippen molar-refractivity contribution >= 4 is 0 Å². The molecule has 0 saturated carbocycles. The Morgan fingerprint density at radius 3 is 2.06 bits per heavy atom. The van der Waals surface area contributed by atoms with E-state index >= 15 is 0 Å². The number of hydrogen-bond acceptors (Lipinski definition) is 2. The van der Waals surface area contributed by atoms with Crippen LogP contribution in [-0.4, -0.2) is 9.78 Å². The van der Waals surface area contributed by atoms with Gasteiger partial charge in [-0.2, -0.15) is 5.10 Å². The van der Waals surface area contributed by atoms with Gasteiger partial charge in [0, 0.05) is 12.1 Å². The highest BCUT2D eigenvalue weighted by atomic mass is 16.1. The van der Waals surface area contributed by atoms with Gasteiger partial charge in [0.1, 0.15) is 0 Å². The van der Waals surface area contributed by atoms with Crippen LogP contribution in [0.4, 0.5) is 0 Å². The largest absolute Gasteiger partial charge is 0.270 e. The molecule has 1 aromatic heterocycles. The van der Waals surface area contributed by atoms with Gasteiger partial charge in [0.2, 0.25) is 0 Å². The second-order valence-corrected chi connectivity index (χ2v) is 6.96. The minimum absolute atomic E-state index is 0.0555. The lowest BCUT2D eigenvalue weighted by Crippen LogP contribution is -2.36. The molecule has 0 aliphatic rings. The molecule has 0 fully saturated rings. The maximum atomic E-state index is 12.6. The molecular weight excluding hydrogens is 224 g/mol. The summed E-state index contributed by atoms with van der Waals surface area (Å²) in [5.74, 6) is 0. The highest BCUT2D eigenvalue weighted by Crippen LogP contribution is 2.30. The Morgan fingerprint density at radius 2 is 1.67 bits per heavy atom. The fraction of sp³-hybridized carbons (Fsp3) is 0.733. The number of aromatic nitrogens is 2. The summed E-state index contributed by atoms with van der Waals surface area (Å²) >= 11 is 0. The summed E-state index contributed by atoms with van der Waals surface area (Å²) in [6.45, 7) is 15.4. The van der Waals surface area contributed by atoms with Crippen LogP contribution in [0.25, 0.3) is 0 Å². The van der Waals surface area contributed by atoms with Crippen molar-refractivity contribution in [3.8, 4) is 0 Å². The fourth-order valence-electron chi connectivity index (χ4n) is 2.15. The molecule has 0 amide bonds. The van der Waals surface area contributed by atoms with Crippen molar-refractivity contribution in [1.29, 1.82) is 0 Å². The van der Waals surface area contributed by atoms with E-state index in [1.54, 1.807) is 4.68 Å². The summed E-state index contributed by atoms with van der Waals surface area (Å²) in [4.78, 5) is 12.6. The van der Waals surface area contributed by atoms with Crippen LogP contribution in [-0.2, 0) is 17.4 Å². The number of rotatable bonds is 2. The zero-order valence-corrected chi connectivity index (χ0v) is 12.8. The van der Waals surface area contributed by atoms with Crippen LogP contribution in [0.5, 0.6) is 0 Å². The van der Waals surface area contributed by atoms with Crippen molar-refractivity contribution in [3.05, 3.63) is 27.7 Å². The molecule has 0 atom stereocenters. The Kier molecular flexibility index (Phi) is 4.04. The van der Waals surface area contributed by atoms with Gasteiger partial charge in [0.15, 0.2) is 0 Å². The van der Waals surface area contributed by atoms with E-state index in [4.69, 9.17) is 0 Å². The van der Waals surface area contributed by atoms with Crippen LogP contribution in [0.1, 0.15) is 66.0 Å². The third-order valence-electron chi connectivity index (χ3n) is 3.04. The molecule has 0 aliphatic carbocycles. The van der Waals surface area contributed by atoms with Gasteiger partial charge in [-0.1, -0.05) is 48.5 Å². The number of nitrogens with zero attached hydrogens (tertiary/aromatic N) is 2. The monoisotopic (exact) mass is 250 g/mol. The predicted octanol–water partition coefficient (Wildman–Crippen LogP) is 3.25. The minimum atomic E-state index is -0.155. The van der Waals surface area contributed by atoms with Gasteiger partial charge in [-0.25, -0.2) is 4.68 Å². The van der Waals surface area contributed by atoms with E-state index < -0.39 is 0 Å². The third kappa shape index (κ3) is 3.01. The molecule has 1 rings (SSSR count). The summed E-state index contributed by atoms with van der Waals surface area (Å²) in [6.07, 6.45) is 2.79. The summed E-state index contributed by atoms with van der Waals surface area (Å²) < 4.78 is 1.59. The second kappa shape index (κ2) is 4.87. The molecule has 0 bridgehead atoms. The normalized spacial score (nSPS) is 12.8. The Morgan fingerprint density at radius 1 is 1.11 bits per heavy atom. The average Bonchev–Trinajstić information content (AvgIpc) is 2.17. The van der Waals surface area contributed by atoms with Crippen LogP contribution in [0.15, 0.2) is 11.0 Å². The first kappa shape index (κ1) is 14.9. The molecule has 1 aromatic rings. The van der Waals surface area contributed by atoms with E-state index in [1.807, 2.05) is 6.20 Å². The van der Waals surface area contributed by atoms with E-state index in [0.717, 1.165) is 17.5 Å². The van der Waals surface area contributed by atoms with Crippen molar-refractivity contribution in [1.82, 2.24) is 9.78 Å². The standard InChI is InChI=1S/C15H26N2O/c1-8-9-17-13(18)12(15(5,6)7)11(10-16-17)14(2,3)4/h10H,8-9H2,1-7H3. The van der Waals surface area contributed by atoms with E-state index in [1.165, 1.54) is 0 Å². The number of hydrogen-bond donors (Lipinski definition) is 0. The summed E-state index contributed by atoms with van der Waals surface area (Å²) in [5, 5.41) is 4.31. The molecule has 1 heterocycles. The predicted molar refractivity (Wildman–Crippen MR) is 76.2 cm³/mol. The zero-order valence-electron chi connectivity index (χ0n) is 12.8. The maximum absolute atomic E-state index is 12.6. The van der Waals surface area contributed by atoms with E-state index in [-0.39, 0.29) is 16.4 Å². The van der Waals surface area contributed by atoms with E-state index in [9.17, 15) is 4.79 Å². The average molecular weight is 250 g/mol. The smallest absolute Gasteiger partial charge is 0.267 e. The van der Waals surface area contributed by atoms with Gasteiger partial charge >= 0.3 is 0 Å². The van der Waals surface area contributed by atoms with E-state index in [0.29, 0.717) is 6.54 Å².